The molecular formula is C26H20N2. The highest BCUT2D eigenvalue weighted by Gasteiger charge is 2.10. The maximum absolute atomic E-state index is 3.59. The molecule has 0 saturated heterocycles. The predicted octanol–water partition coefficient (Wildman–Crippen LogP) is 7.24. The summed E-state index contributed by atoms with van der Waals surface area (Å²) < 4.78 is 0. The van der Waals surface area contributed by atoms with Gasteiger partial charge in [-0.25, -0.2) is 0 Å². The Morgan fingerprint density at radius 3 is 2.07 bits per heavy atom. The lowest BCUT2D eigenvalue weighted by molar-refractivity contribution is 1.48. The number of benzene rings is 4. The van der Waals surface area contributed by atoms with E-state index in [0.29, 0.717) is 0 Å². The van der Waals surface area contributed by atoms with Gasteiger partial charge in [0.05, 0.1) is 0 Å². The molecule has 0 unspecified atom stereocenters. The molecule has 0 bridgehead atoms. The molecule has 0 atom stereocenters. The molecule has 0 aliphatic heterocycles. The van der Waals surface area contributed by atoms with Gasteiger partial charge in [0, 0.05) is 43.6 Å². The molecule has 6 rings (SSSR count). The quantitative estimate of drug-likeness (QED) is 0.310. The SMILES string of the molecule is Cc1ccc2[nH]c3cc(-c4ccc5c(c4)[nH]c4cccc(C)c45)ccc3c2c1. The third-order valence-electron chi connectivity index (χ3n) is 5.92. The fourth-order valence-electron chi connectivity index (χ4n) is 4.52. The van der Waals surface area contributed by atoms with Crippen LogP contribution in [0.5, 0.6) is 0 Å². The van der Waals surface area contributed by atoms with Crippen molar-refractivity contribution in [1.82, 2.24) is 9.97 Å². The molecule has 4 aromatic carbocycles. The van der Waals surface area contributed by atoms with Crippen LogP contribution < -0.4 is 0 Å². The average Bonchev–Trinajstić information content (AvgIpc) is 3.25. The number of aryl methyl sites for hydroxylation is 2. The number of hydrogen-bond donors (Lipinski definition) is 2. The van der Waals surface area contributed by atoms with E-state index in [0.717, 1.165) is 0 Å². The van der Waals surface area contributed by atoms with E-state index in [4.69, 9.17) is 0 Å². The number of rotatable bonds is 1. The lowest BCUT2D eigenvalue weighted by atomic mass is 10.0. The van der Waals surface area contributed by atoms with Gasteiger partial charge in [-0.05, 0) is 60.9 Å². The molecule has 2 nitrogen and oxygen atoms in total. The number of H-pyrrole nitrogens is 2. The Bertz CT molecular complexity index is 1530. The smallest absolute Gasteiger partial charge is 0.0471 e. The van der Waals surface area contributed by atoms with Crippen molar-refractivity contribution in [1.29, 1.82) is 0 Å². The molecule has 134 valence electrons. The van der Waals surface area contributed by atoms with Crippen LogP contribution in [0, 0.1) is 13.8 Å². The molecular weight excluding hydrogens is 340 g/mol. The van der Waals surface area contributed by atoms with Gasteiger partial charge in [-0.1, -0.05) is 48.0 Å². The van der Waals surface area contributed by atoms with Gasteiger partial charge in [0.15, 0.2) is 0 Å². The molecule has 2 heterocycles. The second-order valence-corrected chi connectivity index (χ2v) is 7.82. The summed E-state index contributed by atoms with van der Waals surface area (Å²) >= 11 is 0. The van der Waals surface area contributed by atoms with E-state index >= 15 is 0 Å². The minimum Gasteiger partial charge on any atom is -0.354 e. The molecule has 2 N–H and O–H groups in total. The largest absolute Gasteiger partial charge is 0.354 e. The molecule has 0 radical (unpaired) electrons. The molecule has 2 aromatic heterocycles. The molecule has 0 fully saturated rings. The summed E-state index contributed by atoms with van der Waals surface area (Å²) in [6.07, 6.45) is 0. The van der Waals surface area contributed by atoms with Crippen LogP contribution in [0.3, 0.4) is 0 Å². The van der Waals surface area contributed by atoms with Crippen molar-refractivity contribution in [3.8, 4) is 11.1 Å². The molecule has 2 heteroatoms. The number of nitrogens with one attached hydrogen (secondary N) is 2. The van der Waals surface area contributed by atoms with Crippen LogP contribution in [0.1, 0.15) is 11.1 Å². The Labute approximate surface area is 162 Å². The Kier molecular flexibility index (Phi) is 3.05. The summed E-state index contributed by atoms with van der Waals surface area (Å²) in [6, 6.07) is 26.5. The van der Waals surface area contributed by atoms with Crippen molar-refractivity contribution in [2.75, 3.05) is 0 Å². The maximum atomic E-state index is 3.59. The van der Waals surface area contributed by atoms with Crippen molar-refractivity contribution in [3.63, 3.8) is 0 Å². The average molecular weight is 360 g/mol. The van der Waals surface area contributed by atoms with E-state index < -0.39 is 0 Å². The number of fused-ring (bicyclic) bond motifs is 6. The highest BCUT2D eigenvalue weighted by atomic mass is 14.7. The van der Waals surface area contributed by atoms with Gasteiger partial charge in [-0.15, -0.1) is 0 Å². The second-order valence-electron chi connectivity index (χ2n) is 7.82. The molecule has 28 heavy (non-hydrogen) atoms. The summed E-state index contributed by atoms with van der Waals surface area (Å²) in [6.45, 7) is 4.32. The summed E-state index contributed by atoms with van der Waals surface area (Å²) in [7, 11) is 0. The summed E-state index contributed by atoms with van der Waals surface area (Å²) in [5.41, 5.74) is 9.83. The topological polar surface area (TPSA) is 31.6 Å². The number of hydrogen-bond acceptors (Lipinski definition) is 0. The van der Waals surface area contributed by atoms with E-state index in [1.165, 1.54) is 65.9 Å². The molecule has 0 saturated carbocycles. The maximum Gasteiger partial charge on any atom is 0.0471 e. The predicted molar refractivity (Wildman–Crippen MR) is 120 cm³/mol. The first-order chi connectivity index (χ1) is 13.7. The van der Waals surface area contributed by atoms with Crippen LogP contribution in [-0.4, -0.2) is 9.97 Å². The van der Waals surface area contributed by atoms with Crippen molar-refractivity contribution in [2.24, 2.45) is 0 Å². The standard InChI is InChI=1S/C26H20N2/c1-15-6-11-22-21(12-15)19-9-7-17(13-24(19)27-22)18-8-10-20-25(14-18)28-23-5-3-4-16(2)26(20)23/h3-14,27-28H,1-2H3. The summed E-state index contributed by atoms with van der Waals surface area (Å²) in [5.74, 6) is 0. The van der Waals surface area contributed by atoms with Crippen molar-refractivity contribution in [2.45, 2.75) is 13.8 Å². The van der Waals surface area contributed by atoms with E-state index in [-0.39, 0.29) is 0 Å². The first-order valence-corrected chi connectivity index (χ1v) is 9.71. The number of aromatic amines is 2. The summed E-state index contributed by atoms with van der Waals surface area (Å²) in [4.78, 5) is 7.16. The normalized spacial score (nSPS) is 11.9. The zero-order valence-corrected chi connectivity index (χ0v) is 15.9. The summed E-state index contributed by atoms with van der Waals surface area (Å²) in [5, 5.41) is 5.19. The Morgan fingerprint density at radius 2 is 1.25 bits per heavy atom. The van der Waals surface area contributed by atoms with Crippen LogP contribution in [-0.2, 0) is 0 Å². The fraction of sp³-hybridized carbons (Fsp3) is 0.0769. The van der Waals surface area contributed by atoms with Crippen LogP contribution in [0.2, 0.25) is 0 Å². The van der Waals surface area contributed by atoms with Crippen LogP contribution in [0.25, 0.3) is 54.7 Å². The molecule has 0 amide bonds. The molecule has 6 aromatic rings. The second kappa shape index (κ2) is 5.49. The van der Waals surface area contributed by atoms with Gasteiger partial charge >= 0.3 is 0 Å². The Balaban J connectivity index is 1.55. The zero-order chi connectivity index (χ0) is 18.8. The zero-order valence-electron chi connectivity index (χ0n) is 15.9. The van der Waals surface area contributed by atoms with Crippen molar-refractivity contribution < 1.29 is 0 Å². The minimum absolute atomic E-state index is 1.19. The van der Waals surface area contributed by atoms with E-state index in [9.17, 15) is 0 Å². The van der Waals surface area contributed by atoms with E-state index in [1.807, 2.05) is 0 Å². The van der Waals surface area contributed by atoms with E-state index in [1.54, 1.807) is 0 Å². The molecule has 0 spiro atoms. The van der Waals surface area contributed by atoms with Gasteiger partial charge in [0.2, 0.25) is 0 Å². The first kappa shape index (κ1) is 15.5. The third-order valence-corrected chi connectivity index (χ3v) is 5.92. The highest BCUT2D eigenvalue weighted by Crippen LogP contribution is 2.34. The van der Waals surface area contributed by atoms with Crippen molar-refractivity contribution >= 4 is 43.6 Å². The van der Waals surface area contributed by atoms with Crippen LogP contribution in [0.15, 0.2) is 72.8 Å². The van der Waals surface area contributed by atoms with Gasteiger partial charge in [-0.2, -0.15) is 0 Å². The third kappa shape index (κ3) is 2.15. The Hall–Kier alpha value is -3.52. The number of aromatic nitrogens is 2. The highest BCUT2D eigenvalue weighted by molar-refractivity contribution is 6.11. The monoisotopic (exact) mass is 360 g/mol. The lowest BCUT2D eigenvalue weighted by Crippen LogP contribution is -1.79. The van der Waals surface area contributed by atoms with Crippen LogP contribution in [0.4, 0.5) is 0 Å². The molecule has 0 aliphatic rings. The fourth-order valence-corrected chi connectivity index (χ4v) is 4.52. The van der Waals surface area contributed by atoms with Gasteiger partial charge in [0.1, 0.15) is 0 Å². The molecule has 0 aliphatic carbocycles. The van der Waals surface area contributed by atoms with Gasteiger partial charge in [0.25, 0.3) is 0 Å². The Morgan fingerprint density at radius 1 is 0.536 bits per heavy atom. The van der Waals surface area contributed by atoms with Gasteiger partial charge < -0.3 is 9.97 Å². The lowest BCUT2D eigenvalue weighted by Gasteiger charge is -2.03. The van der Waals surface area contributed by atoms with Crippen molar-refractivity contribution in [3.05, 3.63) is 83.9 Å². The first-order valence-electron chi connectivity index (χ1n) is 9.71. The van der Waals surface area contributed by atoms with Crippen LogP contribution >= 0.6 is 0 Å². The minimum atomic E-state index is 1.19. The van der Waals surface area contributed by atoms with Gasteiger partial charge in [-0.3, -0.25) is 0 Å². The van der Waals surface area contributed by atoms with E-state index in [2.05, 4.69) is 96.6 Å².